The lowest BCUT2D eigenvalue weighted by atomic mass is 9.86. The topological polar surface area (TPSA) is 81.9 Å². The minimum Gasteiger partial charge on any atom is -0.493 e. The number of para-hydroxylation sites is 1. The van der Waals surface area contributed by atoms with Crippen LogP contribution in [0.3, 0.4) is 0 Å². The summed E-state index contributed by atoms with van der Waals surface area (Å²) < 4.78 is 39.9. The van der Waals surface area contributed by atoms with Crippen molar-refractivity contribution in [1.82, 2.24) is 24.5 Å². The molecule has 1 amide bonds. The van der Waals surface area contributed by atoms with E-state index in [2.05, 4.69) is 15.1 Å². The van der Waals surface area contributed by atoms with Gasteiger partial charge in [0, 0.05) is 23.6 Å². The molecule has 34 heavy (non-hydrogen) atoms. The second kappa shape index (κ2) is 8.03. The van der Waals surface area contributed by atoms with Crippen molar-refractivity contribution in [3.05, 3.63) is 53.1 Å². The lowest BCUT2D eigenvalue weighted by Crippen LogP contribution is -2.49. The van der Waals surface area contributed by atoms with Crippen LogP contribution in [0.1, 0.15) is 55.0 Å². The van der Waals surface area contributed by atoms with Gasteiger partial charge in [-0.1, -0.05) is 12.1 Å². The first-order valence-electron chi connectivity index (χ1n) is 11.4. The second-order valence-corrected chi connectivity index (χ2v) is 8.91. The number of alkyl halides is 2. The highest BCUT2D eigenvalue weighted by Gasteiger charge is 2.47. The lowest BCUT2D eigenvalue weighted by molar-refractivity contribution is -0.132. The van der Waals surface area contributed by atoms with E-state index >= 15 is 0 Å². The molecular weight excluding hydrogens is 444 g/mol. The molecule has 176 valence electrons. The Bertz CT molecular complexity index is 1310. The van der Waals surface area contributed by atoms with Crippen LogP contribution in [0.5, 0.6) is 11.5 Å². The molecule has 2 saturated heterocycles. The van der Waals surface area contributed by atoms with Gasteiger partial charge in [0.25, 0.3) is 18.1 Å². The van der Waals surface area contributed by atoms with Crippen LogP contribution < -0.4 is 9.47 Å². The minimum atomic E-state index is -2.71. The van der Waals surface area contributed by atoms with Crippen LogP contribution in [-0.4, -0.2) is 56.2 Å². The number of rotatable bonds is 4. The number of piperidine rings is 1. The highest BCUT2D eigenvalue weighted by molar-refractivity contribution is 6.00. The van der Waals surface area contributed by atoms with Crippen molar-refractivity contribution in [3.63, 3.8) is 0 Å². The van der Waals surface area contributed by atoms with E-state index < -0.39 is 6.43 Å². The molecule has 5 heterocycles. The molecule has 0 spiro atoms. The average molecular weight is 467 g/mol. The molecule has 2 fully saturated rings. The molecule has 6 rings (SSSR count). The standard InChI is InChI=1S/C24H23F2N5O3/c1-33-20-4-2-3-13-9-14(11-34-21(13)20)23(32)30-15-5-7-16(18(30)8-6-15)19-10-17(22(25)26)29-24-27-12-28-31(19)24/h2-4,9-10,12,15-16,18,22H,5-8,11H2,1H3/t15-,16-,18-/m0/s1. The third-order valence-electron chi connectivity index (χ3n) is 7.16. The number of amides is 1. The maximum atomic E-state index is 13.7. The molecule has 0 saturated carbocycles. The first kappa shape index (κ1) is 21.0. The fraction of sp³-hybridized carbons (Fsp3) is 0.417. The summed E-state index contributed by atoms with van der Waals surface area (Å²) >= 11 is 0. The summed E-state index contributed by atoms with van der Waals surface area (Å²) in [6.07, 6.45) is 3.76. The zero-order valence-corrected chi connectivity index (χ0v) is 18.5. The van der Waals surface area contributed by atoms with E-state index in [1.807, 2.05) is 29.2 Å². The Kier molecular flexibility index (Phi) is 4.96. The fourth-order valence-corrected chi connectivity index (χ4v) is 5.68. The molecule has 10 heteroatoms. The quantitative estimate of drug-likeness (QED) is 0.581. The molecule has 8 nitrogen and oxygen atoms in total. The number of carbonyl (C=O) groups excluding carboxylic acids is 1. The van der Waals surface area contributed by atoms with E-state index in [1.165, 1.54) is 16.9 Å². The van der Waals surface area contributed by atoms with E-state index in [0.717, 1.165) is 31.2 Å². The van der Waals surface area contributed by atoms with Crippen molar-refractivity contribution in [2.24, 2.45) is 0 Å². The third-order valence-corrected chi connectivity index (χ3v) is 7.16. The molecule has 0 unspecified atom stereocenters. The zero-order chi connectivity index (χ0) is 23.4. The second-order valence-electron chi connectivity index (χ2n) is 8.91. The van der Waals surface area contributed by atoms with Gasteiger partial charge in [0.15, 0.2) is 11.5 Å². The largest absolute Gasteiger partial charge is 0.493 e. The molecule has 0 radical (unpaired) electrons. The number of methoxy groups -OCH3 is 1. The van der Waals surface area contributed by atoms with Gasteiger partial charge in [-0.15, -0.1) is 0 Å². The molecule has 3 aliphatic heterocycles. The molecule has 0 aliphatic carbocycles. The van der Waals surface area contributed by atoms with Crippen LogP contribution in [0.15, 0.2) is 36.2 Å². The van der Waals surface area contributed by atoms with Gasteiger partial charge in [-0.25, -0.2) is 18.3 Å². The summed E-state index contributed by atoms with van der Waals surface area (Å²) in [7, 11) is 1.58. The summed E-state index contributed by atoms with van der Waals surface area (Å²) in [5.41, 5.74) is 1.69. The van der Waals surface area contributed by atoms with Crippen LogP contribution >= 0.6 is 0 Å². The van der Waals surface area contributed by atoms with Gasteiger partial charge in [0.1, 0.15) is 18.6 Å². The van der Waals surface area contributed by atoms with Gasteiger partial charge < -0.3 is 14.4 Å². The van der Waals surface area contributed by atoms with Crippen LogP contribution in [0.4, 0.5) is 8.78 Å². The van der Waals surface area contributed by atoms with Gasteiger partial charge >= 0.3 is 0 Å². The Morgan fingerprint density at radius 2 is 2.09 bits per heavy atom. The molecule has 3 aliphatic rings. The van der Waals surface area contributed by atoms with Crippen molar-refractivity contribution >= 4 is 17.8 Å². The number of halogens is 2. The summed E-state index contributed by atoms with van der Waals surface area (Å²) in [6.45, 7) is 0.158. The number of nitrogens with zero attached hydrogens (tertiary/aromatic N) is 5. The normalized spacial score (nSPS) is 23.6. The third kappa shape index (κ3) is 3.23. The Labute approximate surface area is 194 Å². The highest BCUT2D eigenvalue weighted by atomic mass is 19.3. The fourth-order valence-electron chi connectivity index (χ4n) is 5.68. The minimum absolute atomic E-state index is 0.0661. The van der Waals surface area contributed by atoms with E-state index in [0.29, 0.717) is 22.8 Å². The van der Waals surface area contributed by atoms with E-state index in [1.54, 1.807) is 7.11 Å². The Hall–Kier alpha value is -3.56. The first-order valence-corrected chi connectivity index (χ1v) is 11.4. The number of carbonyl (C=O) groups is 1. The van der Waals surface area contributed by atoms with Gasteiger partial charge in [0.2, 0.25) is 0 Å². The molecule has 2 bridgehead atoms. The van der Waals surface area contributed by atoms with Crippen molar-refractivity contribution < 1.29 is 23.0 Å². The van der Waals surface area contributed by atoms with Crippen molar-refractivity contribution in [1.29, 1.82) is 0 Å². The van der Waals surface area contributed by atoms with Crippen molar-refractivity contribution in [2.45, 2.75) is 50.1 Å². The van der Waals surface area contributed by atoms with Crippen LogP contribution in [0.2, 0.25) is 0 Å². The summed E-state index contributed by atoms with van der Waals surface area (Å²) in [5.74, 6) is 1.21. The summed E-state index contributed by atoms with van der Waals surface area (Å²) in [4.78, 5) is 23.6. The highest BCUT2D eigenvalue weighted by Crippen LogP contribution is 2.45. The monoisotopic (exact) mass is 467 g/mol. The Morgan fingerprint density at radius 3 is 2.91 bits per heavy atom. The number of aromatic nitrogens is 4. The van der Waals surface area contributed by atoms with Gasteiger partial charge in [-0.05, 0) is 43.9 Å². The average Bonchev–Trinajstić information content (AvgIpc) is 3.45. The van der Waals surface area contributed by atoms with Crippen LogP contribution in [0, 0.1) is 0 Å². The Morgan fingerprint density at radius 1 is 1.24 bits per heavy atom. The molecule has 2 aromatic heterocycles. The maximum Gasteiger partial charge on any atom is 0.280 e. The summed E-state index contributed by atoms with van der Waals surface area (Å²) in [6, 6.07) is 7.01. The Balaban J connectivity index is 1.35. The molecule has 3 aromatic rings. The molecular formula is C24H23F2N5O3. The van der Waals surface area contributed by atoms with Crippen molar-refractivity contribution in [2.75, 3.05) is 13.7 Å². The number of hydrogen-bond acceptors (Lipinski definition) is 6. The lowest BCUT2D eigenvalue weighted by Gasteiger charge is -2.41. The molecule has 0 N–H and O–H groups in total. The maximum absolute atomic E-state index is 13.7. The number of hydrogen-bond donors (Lipinski definition) is 0. The van der Waals surface area contributed by atoms with Crippen molar-refractivity contribution in [3.8, 4) is 11.5 Å². The molecule has 3 atom stereocenters. The zero-order valence-electron chi connectivity index (χ0n) is 18.5. The van der Waals surface area contributed by atoms with E-state index in [4.69, 9.17) is 9.47 Å². The van der Waals surface area contributed by atoms with Gasteiger partial charge in [-0.2, -0.15) is 10.1 Å². The number of ether oxygens (including phenoxy) is 2. The SMILES string of the molecule is COc1cccc2c1OCC(C(=O)N1[C@H]3CC[C@H](c4cc(C(F)F)nc5ncnn45)[C@@H]1CC3)=C2. The number of fused-ring (bicyclic) bond motifs is 4. The smallest absolute Gasteiger partial charge is 0.280 e. The van der Waals surface area contributed by atoms with E-state index in [-0.39, 0.29) is 42.0 Å². The molecule has 1 aromatic carbocycles. The van der Waals surface area contributed by atoms with Gasteiger partial charge in [-0.3, -0.25) is 4.79 Å². The van der Waals surface area contributed by atoms with Crippen LogP contribution in [0.25, 0.3) is 11.9 Å². The van der Waals surface area contributed by atoms with E-state index in [9.17, 15) is 13.6 Å². The van der Waals surface area contributed by atoms with Crippen LogP contribution in [-0.2, 0) is 4.79 Å². The van der Waals surface area contributed by atoms with Gasteiger partial charge in [0.05, 0.1) is 18.4 Å². The first-order chi connectivity index (χ1) is 16.5. The number of benzene rings is 1. The predicted octanol–water partition coefficient (Wildman–Crippen LogP) is 3.78. The predicted molar refractivity (Wildman–Crippen MR) is 118 cm³/mol. The summed E-state index contributed by atoms with van der Waals surface area (Å²) in [5, 5.41) is 4.23.